The maximum Gasteiger partial charge on any atom is 0.282 e. The van der Waals surface area contributed by atoms with Gasteiger partial charge >= 0.3 is 0 Å². The molecule has 1 aliphatic heterocycles. The van der Waals surface area contributed by atoms with Crippen molar-refractivity contribution in [3.63, 3.8) is 0 Å². The number of anilines is 1. The molecule has 46 heavy (non-hydrogen) atoms. The van der Waals surface area contributed by atoms with Gasteiger partial charge in [-0.1, -0.05) is 78.3 Å². The third-order valence-electron chi connectivity index (χ3n) is 6.62. The van der Waals surface area contributed by atoms with E-state index in [1.165, 1.54) is 60.7 Å². The van der Waals surface area contributed by atoms with Gasteiger partial charge in [0.1, 0.15) is 12.1 Å². The number of nitro benzene ring substituents is 1. The molecule has 4 aromatic rings. The molecule has 1 heterocycles. The van der Waals surface area contributed by atoms with Gasteiger partial charge in [0, 0.05) is 28.8 Å². The predicted octanol–water partition coefficient (Wildman–Crippen LogP) is 6.14. The number of halogens is 1. The molecule has 1 unspecified atom stereocenters. The lowest BCUT2D eigenvalue weighted by atomic mass is 10.0. The van der Waals surface area contributed by atoms with Crippen LogP contribution < -0.4 is 4.90 Å². The Morgan fingerprint density at radius 1 is 0.935 bits per heavy atom. The predicted molar refractivity (Wildman–Crippen MR) is 170 cm³/mol. The molecule has 0 fully saturated rings. The molecule has 228 valence electrons. The molecular weight excluding hydrogens is 612 g/mol. The molecule has 4 aromatic carbocycles. The van der Waals surface area contributed by atoms with E-state index in [1.54, 1.807) is 54.6 Å². The number of carbonyl (C=O) groups excluding carboxylic acids is 4. The summed E-state index contributed by atoms with van der Waals surface area (Å²) in [4.78, 5) is 65.1. The summed E-state index contributed by atoms with van der Waals surface area (Å²) >= 11 is 6.01. The fourth-order valence-corrected chi connectivity index (χ4v) is 4.54. The van der Waals surface area contributed by atoms with Crippen LogP contribution in [0.2, 0.25) is 5.02 Å². The second kappa shape index (κ2) is 14.1. The van der Waals surface area contributed by atoms with Crippen LogP contribution in [-0.2, 0) is 19.2 Å². The zero-order valence-corrected chi connectivity index (χ0v) is 24.6. The summed E-state index contributed by atoms with van der Waals surface area (Å²) < 4.78 is 0. The third-order valence-corrected chi connectivity index (χ3v) is 6.87. The van der Waals surface area contributed by atoms with Gasteiger partial charge in [0.2, 0.25) is 5.91 Å². The zero-order chi connectivity index (χ0) is 32.6. The highest BCUT2D eigenvalue weighted by atomic mass is 35.5. The van der Waals surface area contributed by atoms with Crippen molar-refractivity contribution >= 4 is 64.1 Å². The number of non-ortho nitro benzene ring substituents is 1. The number of imide groups is 2. The summed E-state index contributed by atoms with van der Waals surface area (Å²) in [6.45, 7) is 0. The number of benzene rings is 4. The van der Waals surface area contributed by atoms with E-state index in [2.05, 4.69) is 15.3 Å². The van der Waals surface area contributed by atoms with Crippen molar-refractivity contribution < 1.29 is 24.1 Å². The normalized spacial score (nSPS) is 14.5. The first-order chi connectivity index (χ1) is 22.2. The summed E-state index contributed by atoms with van der Waals surface area (Å²) in [7, 11) is 0. The molecule has 12 nitrogen and oxygen atoms in total. The van der Waals surface area contributed by atoms with E-state index in [0.717, 1.165) is 4.90 Å². The summed E-state index contributed by atoms with van der Waals surface area (Å²) in [5, 5.41) is 24.3. The number of azo groups is 1. The minimum atomic E-state index is -1.39. The van der Waals surface area contributed by atoms with E-state index in [-0.39, 0.29) is 22.8 Å². The number of rotatable bonds is 9. The summed E-state index contributed by atoms with van der Waals surface area (Å²) in [5.41, 5.74) is 1.30. The Balaban J connectivity index is 1.41. The highest BCUT2D eigenvalue weighted by Gasteiger charge is 2.41. The average molecular weight is 635 g/mol. The fraction of sp³-hybridized carbons (Fsp3) is 0.0606. The molecule has 0 bridgehead atoms. The van der Waals surface area contributed by atoms with E-state index < -0.39 is 41.0 Å². The van der Waals surface area contributed by atoms with Crippen molar-refractivity contribution in [3.8, 4) is 0 Å². The van der Waals surface area contributed by atoms with Crippen molar-refractivity contribution in [2.75, 3.05) is 4.90 Å². The van der Waals surface area contributed by atoms with Gasteiger partial charge in [0.25, 0.3) is 23.4 Å². The van der Waals surface area contributed by atoms with Crippen molar-refractivity contribution in [3.05, 3.63) is 142 Å². The van der Waals surface area contributed by atoms with Crippen LogP contribution >= 0.6 is 11.6 Å². The Labute approximate surface area is 267 Å². The molecule has 0 saturated heterocycles. The fourth-order valence-electron chi connectivity index (χ4n) is 4.42. The van der Waals surface area contributed by atoms with E-state index in [9.17, 15) is 29.3 Å². The van der Waals surface area contributed by atoms with Crippen LogP contribution in [0.1, 0.15) is 17.5 Å². The first kappa shape index (κ1) is 31.3. The maximum absolute atomic E-state index is 13.5. The lowest BCUT2D eigenvalue weighted by Gasteiger charge is -2.20. The average Bonchev–Trinajstić information content (AvgIpc) is 3.40. The van der Waals surface area contributed by atoms with Gasteiger partial charge in [-0.05, 0) is 42.0 Å². The lowest BCUT2D eigenvalue weighted by molar-refractivity contribution is -0.384. The number of nitro groups is 1. The Morgan fingerprint density at radius 2 is 1.61 bits per heavy atom. The van der Waals surface area contributed by atoms with Crippen molar-refractivity contribution in [1.29, 1.82) is 0 Å². The molecule has 5 rings (SSSR count). The van der Waals surface area contributed by atoms with Crippen LogP contribution in [0, 0.1) is 10.1 Å². The van der Waals surface area contributed by atoms with Gasteiger partial charge in [-0.15, -0.1) is 0 Å². The van der Waals surface area contributed by atoms with E-state index >= 15 is 0 Å². The molecule has 0 radical (unpaired) electrons. The number of hydrogen-bond acceptors (Lipinski definition) is 9. The van der Waals surface area contributed by atoms with Crippen molar-refractivity contribution in [2.24, 2.45) is 15.3 Å². The van der Waals surface area contributed by atoms with Gasteiger partial charge in [-0.3, -0.25) is 29.3 Å². The van der Waals surface area contributed by atoms with Gasteiger partial charge in [0.05, 0.1) is 16.3 Å². The molecule has 1 aliphatic rings. The largest absolute Gasteiger partial charge is 0.282 e. The third kappa shape index (κ3) is 7.31. The van der Waals surface area contributed by atoms with Crippen molar-refractivity contribution in [1.82, 2.24) is 5.01 Å². The topological polar surface area (TPSA) is 155 Å². The number of nitrogens with zero attached hydrogens (tertiary/aromatic N) is 6. The van der Waals surface area contributed by atoms with Crippen LogP contribution in [0.5, 0.6) is 0 Å². The highest BCUT2D eigenvalue weighted by molar-refractivity contribution is 6.31. The Morgan fingerprint density at radius 3 is 2.28 bits per heavy atom. The van der Waals surface area contributed by atoms with Gasteiger partial charge in [-0.2, -0.15) is 20.3 Å². The Bertz CT molecular complexity index is 1890. The van der Waals surface area contributed by atoms with E-state index in [0.29, 0.717) is 21.2 Å². The highest BCUT2D eigenvalue weighted by Crippen LogP contribution is 2.25. The molecule has 4 amide bonds. The summed E-state index contributed by atoms with van der Waals surface area (Å²) in [6, 6.07) is 27.2. The summed E-state index contributed by atoms with van der Waals surface area (Å²) in [5.74, 6) is -3.54. The second-order valence-electron chi connectivity index (χ2n) is 9.75. The van der Waals surface area contributed by atoms with Crippen LogP contribution in [0.25, 0.3) is 6.08 Å². The number of amides is 4. The zero-order valence-electron chi connectivity index (χ0n) is 23.8. The number of hydrogen-bond donors (Lipinski definition) is 0. The number of carbonyl (C=O) groups is 4. The van der Waals surface area contributed by atoms with Crippen molar-refractivity contribution in [2.45, 2.75) is 12.5 Å². The monoisotopic (exact) mass is 634 g/mol. The van der Waals surface area contributed by atoms with Gasteiger partial charge in [0.15, 0.2) is 6.04 Å². The lowest BCUT2D eigenvalue weighted by Crippen LogP contribution is -2.41. The Kier molecular flexibility index (Phi) is 9.59. The molecule has 0 aromatic heterocycles. The first-order valence-corrected chi connectivity index (χ1v) is 14.1. The Hall–Kier alpha value is -6.14. The maximum atomic E-state index is 13.5. The molecule has 0 spiro atoms. The molecule has 0 aliphatic carbocycles. The number of hydrazone groups is 1. The minimum absolute atomic E-state index is 0.0806. The van der Waals surface area contributed by atoms with Crippen LogP contribution in [-0.4, -0.2) is 45.3 Å². The van der Waals surface area contributed by atoms with Gasteiger partial charge < -0.3 is 0 Å². The van der Waals surface area contributed by atoms with E-state index in [1.807, 2.05) is 6.07 Å². The standard InChI is InChI=1S/C33H23ClN6O6/c34-24-15-17-26(18-16-24)38(28(41)19-14-22-8-3-1-4-9-22)29(42)21-30(43)39-33(44)32(31(37-39)23-10-5-2-6-11-23)36-35-25-12-7-13-27(20-25)40(45)46/h1-20,32H,21H2/b19-14+,36-35?. The van der Waals surface area contributed by atoms with Gasteiger partial charge in [-0.25, -0.2) is 4.90 Å². The first-order valence-electron chi connectivity index (χ1n) is 13.7. The second-order valence-corrected chi connectivity index (χ2v) is 10.2. The molecule has 0 saturated carbocycles. The molecule has 13 heteroatoms. The SMILES string of the molecule is O=C(CC(=O)N(C(=O)/C=C/c1ccccc1)c1ccc(Cl)cc1)N1N=C(c2ccccc2)C(N=Nc2cccc([N+](=O)[O-])c2)C1=O. The quantitative estimate of drug-likeness (QED) is 0.0708. The van der Waals surface area contributed by atoms with Crippen LogP contribution in [0.3, 0.4) is 0 Å². The molecule has 0 N–H and O–H groups in total. The van der Waals surface area contributed by atoms with E-state index in [4.69, 9.17) is 11.6 Å². The molecular formula is C33H23ClN6O6. The van der Waals surface area contributed by atoms with Crippen LogP contribution in [0.15, 0.2) is 131 Å². The smallest absolute Gasteiger partial charge is 0.273 e. The summed E-state index contributed by atoms with van der Waals surface area (Å²) in [6.07, 6.45) is 1.83. The van der Waals surface area contributed by atoms with Crippen LogP contribution in [0.4, 0.5) is 17.1 Å². The minimum Gasteiger partial charge on any atom is -0.273 e. The molecule has 1 atom stereocenters.